The summed E-state index contributed by atoms with van der Waals surface area (Å²) >= 11 is 0. The zero-order valence-corrected chi connectivity index (χ0v) is 24.6. The molecule has 0 saturated carbocycles. The number of carboxylic acid groups (broad SMARTS) is 1. The number of hydrogen-bond donors (Lipinski definition) is 7. The minimum absolute atomic E-state index is 0.00416. The van der Waals surface area contributed by atoms with E-state index < -0.39 is 53.8 Å². The average Bonchev–Trinajstić information content (AvgIpc) is 3.78. The largest absolute Gasteiger partial charge is 0.480 e. The number of hydrogen-bond acceptors (Lipinski definition) is 6. The Bertz CT molecular complexity index is 1730. The molecule has 2 aromatic carbocycles. The highest BCUT2D eigenvalue weighted by molar-refractivity contribution is 5.96. The molecule has 5 rings (SSSR count). The number of nitrogens with one attached hydrogen (secondary N) is 4. The van der Waals surface area contributed by atoms with Gasteiger partial charge in [-0.05, 0) is 42.5 Å². The Morgan fingerprint density at radius 3 is 2.00 bits per heavy atom. The number of fused-ring (bicyclic) bond motifs is 2. The predicted octanol–water partition coefficient (Wildman–Crippen LogP) is 1.07. The lowest BCUT2D eigenvalue weighted by molar-refractivity contribution is -0.149. The van der Waals surface area contributed by atoms with Gasteiger partial charge in [0.2, 0.25) is 23.6 Å². The molecule has 3 heterocycles. The van der Waals surface area contributed by atoms with Crippen LogP contribution in [0.15, 0.2) is 60.9 Å². The molecule has 0 aliphatic carbocycles. The number of amides is 4. The maximum Gasteiger partial charge on any atom is 0.326 e. The smallest absolute Gasteiger partial charge is 0.326 e. The predicted molar refractivity (Wildman–Crippen MR) is 167 cm³/mol. The molecule has 4 amide bonds. The van der Waals surface area contributed by atoms with E-state index in [-0.39, 0.29) is 32.2 Å². The average molecular weight is 616 g/mol. The highest BCUT2D eigenvalue weighted by atomic mass is 16.4. The van der Waals surface area contributed by atoms with Crippen molar-refractivity contribution >= 4 is 51.4 Å². The normalized spacial score (nSPS) is 16.7. The quantitative estimate of drug-likeness (QED) is 0.116. The molecule has 0 bridgehead atoms. The monoisotopic (exact) mass is 615 g/mol. The summed E-state index contributed by atoms with van der Waals surface area (Å²) in [5.41, 5.74) is 14.4. The van der Waals surface area contributed by atoms with Gasteiger partial charge >= 0.3 is 5.97 Å². The number of aromatic nitrogens is 2. The van der Waals surface area contributed by atoms with Gasteiger partial charge in [0.05, 0.1) is 6.04 Å². The molecule has 0 radical (unpaired) electrons. The van der Waals surface area contributed by atoms with E-state index in [1.54, 1.807) is 12.4 Å². The summed E-state index contributed by atoms with van der Waals surface area (Å²) in [6.45, 7) is 0.250. The van der Waals surface area contributed by atoms with Gasteiger partial charge < -0.3 is 42.1 Å². The lowest BCUT2D eigenvalue weighted by Gasteiger charge is -2.29. The molecular weight excluding hydrogens is 578 g/mol. The van der Waals surface area contributed by atoms with E-state index in [9.17, 15) is 29.1 Å². The van der Waals surface area contributed by atoms with Crippen molar-refractivity contribution in [1.82, 2.24) is 25.5 Å². The fourth-order valence-corrected chi connectivity index (χ4v) is 5.92. The van der Waals surface area contributed by atoms with Crippen LogP contribution in [0, 0.1) is 0 Å². The molecule has 2 aromatic heterocycles. The summed E-state index contributed by atoms with van der Waals surface area (Å²) in [5.74, 6) is -3.52. The van der Waals surface area contributed by atoms with E-state index in [1.807, 2.05) is 48.5 Å². The van der Waals surface area contributed by atoms with Crippen molar-refractivity contribution in [3.05, 3.63) is 72.1 Å². The summed E-state index contributed by atoms with van der Waals surface area (Å²) in [6.07, 6.45) is 4.41. The Morgan fingerprint density at radius 2 is 1.42 bits per heavy atom. The fraction of sp³-hybridized carbons (Fsp3) is 0.344. The standard InChI is InChI=1S/C32H37N7O6/c33-22(11-12-28(34)40)29(41)37-25(14-18-16-35-23-8-3-1-6-20(18)23)30(42)38-26(31(43)39-13-5-10-27(39)32(44)45)15-19-17-36-24-9-4-2-7-21(19)24/h1-4,6-9,16-17,22,25-27,35-36H,5,10-15,33H2,(H2,34,40)(H,37,41)(H,38,42)(H,44,45). The van der Waals surface area contributed by atoms with E-state index in [4.69, 9.17) is 11.5 Å². The van der Waals surface area contributed by atoms with Gasteiger partial charge in [0.1, 0.15) is 18.1 Å². The number of carbonyl (C=O) groups is 5. The van der Waals surface area contributed by atoms with Crippen molar-refractivity contribution in [2.24, 2.45) is 11.5 Å². The van der Waals surface area contributed by atoms with Crippen LogP contribution < -0.4 is 22.1 Å². The number of H-pyrrole nitrogens is 2. The van der Waals surface area contributed by atoms with Gasteiger partial charge in [0.15, 0.2) is 0 Å². The van der Waals surface area contributed by atoms with Gasteiger partial charge in [-0.1, -0.05) is 36.4 Å². The van der Waals surface area contributed by atoms with Crippen LogP contribution in [-0.4, -0.2) is 80.3 Å². The lowest BCUT2D eigenvalue weighted by Crippen LogP contribution is -2.58. The number of carboxylic acids is 1. The number of carbonyl (C=O) groups excluding carboxylic acids is 4. The number of likely N-dealkylation sites (tertiary alicyclic amines) is 1. The Kier molecular flexibility index (Phi) is 9.48. The van der Waals surface area contributed by atoms with Crippen molar-refractivity contribution in [2.75, 3.05) is 6.54 Å². The van der Waals surface area contributed by atoms with E-state index in [1.165, 1.54) is 4.90 Å². The molecule has 13 heteroatoms. The fourth-order valence-electron chi connectivity index (χ4n) is 5.92. The molecule has 4 unspecified atom stereocenters. The van der Waals surface area contributed by atoms with Crippen LogP contribution in [0.5, 0.6) is 0 Å². The third-order valence-electron chi connectivity index (χ3n) is 8.30. The SMILES string of the molecule is NC(=O)CCC(N)C(=O)NC(Cc1c[nH]c2ccccc12)C(=O)NC(Cc1c[nH]c2ccccc12)C(=O)N1CCCC1C(=O)O. The molecule has 13 nitrogen and oxygen atoms in total. The number of nitrogens with two attached hydrogens (primary N) is 2. The Labute approximate surface area is 258 Å². The van der Waals surface area contributed by atoms with Crippen LogP contribution in [0.4, 0.5) is 0 Å². The second-order valence-corrected chi connectivity index (χ2v) is 11.4. The maximum atomic E-state index is 14.0. The number of aliphatic carboxylic acids is 1. The minimum atomic E-state index is -1.15. The molecule has 4 aromatic rings. The summed E-state index contributed by atoms with van der Waals surface area (Å²) < 4.78 is 0. The number of aromatic amines is 2. The zero-order valence-electron chi connectivity index (χ0n) is 24.6. The molecule has 1 aliphatic rings. The third kappa shape index (κ3) is 7.15. The Balaban J connectivity index is 1.44. The van der Waals surface area contributed by atoms with Gasteiger partial charge in [0, 0.05) is 60.0 Å². The number of para-hydroxylation sites is 2. The van der Waals surface area contributed by atoms with Crippen molar-refractivity contribution < 1.29 is 29.1 Å². The van der Waals surface area contributed by atoms with Gasteiger partial charge in [-0.15, -0.1) is 0 Å². The van der Waals surface area contributed by atoms with Crippen molar-refractivity contribution in [1.29, 1.82) is 0 Å². The van der Waals surface area contributed by atoms with Crippen LogP contribution in [0.25, 0.3) is 21.8 Å². The van der Waals surface area contributed by atoms with Gasteiger partial charge in [-0.3, -0.25) is 19.2 Å². The molecule has 1 fully saturated rings. The Hall–Kier alpha value is -5.17. The summed E-state index contributed by atoms with van der Waals surface area (Å²) in [4.78, 5) is 71.9. The summed E-state index contributed by atoms with van der Waals surface area (Å²) in [6, 6.07) is 10.7. The lowest BCUT2D eigenvalue weighted by atomic mass is 10.0. The molecule has 236 valence electrons. The highest BCUT2D eigenvalue weighted by Gasteiger charge is 2.39. The first kappa shape index (κ1) is 31.3. The molecule has 45 heavy (non-hydrogen) atoms. The van der Waals surface area contributed by atoms with Crippen molar-refractivity contribution in [3.8, 4) is 0 Å². The van der Waals surface area contributed by atoms with E-state index >= 15 is 0 Å². The van der Waals surface area contributed by atoms with Gasteiger partial charge in [0.25, 0.3) is 0 Å². The maximum absolute atomic E-state index is 14.0. The zero-order chi connectivity index (χ0) is 32.1. The van der Waals surface area contributed by atoms with Crippen LogP contribution in [0.1, 0.15) is 36.8 Å². The number of rotatable bonds is 13. The number of primary amides is 1. The Morgan fingerprint density at radius 1 is 0.867 bits per heavy atom. The summed E-state index contributed by atoms with van der Waals surface area (Å²) in [5, 5.41) is 17.0. The molecule has 4 atom stereocenters. The molecule has 1 saturated heterocycles. The van der Waals surface area contributed by atoms with Crippen molar-refractivity contribution in [3.63, 3.8) is 0 Å². The first-order chi connectivity index (χ1) is 21.6. The first-order valence-electron chi connectivity index (χ1n) is 14.9. The van der Waals surface area contributed by atoms with Crippen LogP contribution in [-0.2, 0) is 36.8 Å². The summed E-state index contributed by atoms with van der Waals surface area (Å²) in [7, 11) is 0. The van der Waals surface area contributed by atoms with E-state index in [0.717, 1.165) is 32.9 Å². The van der Waals surface area contributed by atoms with E-state index in [0.29, 0.717) is 12.8 Å². The van der Waals surface area contributed by atoms with Crippen LogP contribution in [0.2, 0.25) is 0 Å². The highest BCUT2D eigenvalue weighted by Crippen LogP contribution is 2.24. The van der Waals surface area contributed by atoms with Gasteiger partial charge in [-0.25, -0.2) is 4.79 Å². The van der Waals surface area contributed by atoms with Crippen molar-refractivity contribution in [2.45, 2.75) is 62.7 Å². The second kappa shape index (κ2) is 13.6. The second-order valence-electron chi connectivity index (χ2n) is 11.4. The van der Waals surface area contributed by atoms with Crippen LogP contribution in [0.3, 0.4) is 0 Å². The molecular formula is C32H37N7O6. The number of benzene rings is 2. The molecule has 0 spiro atoms. The van der Waals surface area contributed by atoms with Crippen LogP contribution >= 0.6 is 0 Å². The third-order valence-corrected chi connectivity index (χ3v) is 8.30. The topological polar surface area (TPSA) is 216 Å². The first-order valence-corrected chi connectivity index (χ1v) is 14.9. The molecule has 9 N–H and O–H groups in total. The molecule has 1 aliphatic heterocycles. The minimum Gasteiger partial charge on any atom is -0.480 e. The number of nitrogens with zero attached hydrogens (tertiary/aromatic N) is 1. The van der Waals surface area contributed by atoms with Gasteiger partial charge in [-0.2, -0.15) is 0 Å². The van der Waals surface area contributed by atoms with E-state index in [2.05, 4.69) is 20.6 Å².